The van der Waals surface area contributed by atoms with Gasteiger partial charge in [0.25, 0.3) is 0 Å². The summed E-state index contributed by atoms with van der Waals surface area (Å²) < 4.78 is 0. The lowest BCUT2D eigenvalue weighted by Crippen LogP contribution is -2.36. The molecule has 0 amide bonds. The first kappa shape index (κ1) is 13.0. The molecule has 0 saturated carbocycles. The van der Waals surface area contributed by atoms with Crippen LogP contribution >= 0.6 is 0 Å². The van der Waals surface area contributed by atoms with Crippen LogP contribution < -0.4 is 5.32 Å². The van der Waals surface area contributed by atoms with Crippen molar-refractivity contribution in [3.63, 3.8) is 0 Å². The fourth-order valence-electron chi connectivity index (χ4n) is 1.62. The molecule has 0 aliphatic rings. The van der Waals surface area contributed by atoms with E-state index in [1.54, 1.807) is 0 Å². The maximum Gasteiger partial charge on any atom is 0.00670 e. The van der Waals surface area contributed by atoms with Crippen LogP contribution in [-0.4, -0.2) is 12.6 Å². The van der Waals surface area contributed by atoms with Gasteiger partial charge in [0.15, 0.2) is 0 Å². The summed E-state index contributed by atoms with van der Waals surface area (Å²) in [5.41, 5.74) is 0. The lowest BCUT2D eigenvalue weighted by Gasteiger charge is -2.29. The molecule has 1 heteroatoms. The minimum atomic E-state index is 0.650. The minimum Gasteiger partial charge on any atom is -0.314 e. The van der Waals surface area contributed by atoms with E-state index in [1.165, 1.54) is 6.42 Å². The average molecular weight is 185 g/mol. The van der Waals surface area contributed by atoms with Crippen LogP contribution in [0.2, 0.25) is 0 Å². The molecule has 1 N–H and O–H groups in total. The second kappa shape index (κ2) is 6.42. The summed E-state index contributed by atoms with van der Waals surface area (Å²) in [6.45, 7) is 15.0. The van der Waals surface area contributed by atoms with Crippen molar-refractivity contribution < 1.29 is 0 Å². The summed E-state index contributed by atoms with van der Waals surface area (Å²) in [4.78, 5) is 0. The molecule has 0 saturated heterocycles. The number of rotatable bonds is 6. The summed E-state index contributed by atoms with van der Waals surface area (Å²) in [6, 6.07) is 0.650. The van der Waals surface area contributed by atoms with E-state index in [-0.39, 0.29) is 0 Å². The average Bonchev–Trinajstić information content (AvgIpc) is 2.11. The van der Waals surface area contributed by atoms with Crippen molar-refractivity contribution in [2.75, 3.05) is 6.54 Å². The van der Waals surface area contributed by atoms with Crippen LogP contribution in [0.1, 0.15) is 48.0 Å². The Kier molecular flexibility index (Phi) is 6.40. The molecule has 0 aromatic heterocycles. The van der Waals surface area contributed by atoms with Gasteiger partial charge in [-0.05, 0) is 37.6 Å². The highest BCUT2D eigenvalue weighted by Gasteiger charge is 2.20. The van der Waals surface area contributed by atoms with Crippen LogP contribution in [0, 0.1) is 17.8 Å². The predicted molar refractivity (Wildman–Crippen MR) is 60.9 cm³/mol. The van der Waals surface area contributed by atoms with Crippen LogP contribution in [-0.2, 0) is 0 Å². The van der Waals surface area contributed by atoms with E-state index in [1.807, 2.05) is 0 Å². The summed E-state index contributed by atoms with van der Waals surface area (Å²) in [7, 11) is 0. The van der Waals surface area contributed by atoms with Gasteiger partial charge in [-0.25, -0.2) is 0 Å². The van der Waals surface area contributed by atoms with Gasteiger partial charge < -0.3 is 5.32 Å². The minimum absolute atomic E-state index is 0.650. The number of nitrogens with one attached hydrogen (secondary N) is 1. The maximum atomic E-state index is 3.57. The Bertz CT molecular complexity index is 120. The first-order valence-corrected chi connectivity index (χ1v) is 5.74. The Balaban J connectivity index is 3.86. The molecule has 80 valence electrons. The quantitative estimate of drug-likeness (QED) is 0.669. The number of hydrogen-bond donors (Lipinski definition) is 1. The fraction of sp³-hybridized carbons (Fsp3) is 1.00. The molecule has 13 heavy (non-hydrogen) atoms. The maximum absolute atomic E-state index is 3.57. The van der Waals surface area contributed by atoms with Crippen LogP contribution in [0.5, 0.6) is 0 Å². The van der Waals surface area contributed by atoms with Gasteiger partial charge in [0, 0.05) is 6.04 Å². The molecule has 0 aromatic carbocycles. The van der Waals surface area contributed by atoms with E-state index in [9.17, 15) is 0 Å². The zero-order valence-electron chi connectivity index (χ0n) is 10.2. The van der Waals surface area contributed by atoms with Crippen molar-refractivity contribution in [2.45, 2.75) is 54.0 Å². The molecule has 0 aromatic rings. The molecule has 0 aliphatic carbocycles. The summed E-state index contributed by atoms with van der Waals surface area (Å²) in [5.74, 6) is 2.37. The van der Waals surface area contributed by atoms with Crippen LogP contribution in [0.4, 0.5) is 0 Å². The Labute approximate surface area is 84.3 Å². The third-order valence-electron chi connectivity index (χ3n) is 3.39. The molecule has 0 bridgehead atoms. The highest BCUT2D eigenvalue weighted by Crippen LogP contribution is 2.22. The van der Waals surface area contributed by atoms with Crippen molar-refractivity contribution >= 4 is 0 Å². The smallest absolute Gasteiger partial charge is 0.00670 e. The zero-order valence-corrected chi connectivity index (χ0v) is 10.2. The van der Waals surface area contributed by atoms with Crippen LogP contribution in [0.25, 0.3) is 0 Å². The van der Waals surface area contributed by atoms with Crippen molar-refractivity contribution in [2.24, 2.45) is 17.8 Å². The van der Waals surface area contributed by atoms with Crippen molar-refractivity contribution in [1.82, 2.24) is 5.32 Å². The fourth-order valence-corrected chi connectivity index (χ4v) is 1.62. The molecule has 0 radical (unpaired) electrons. The third-order valence-corrected chi connectivity index (χ3v) is 3.39. The van der Waals surface area contributed by atoms with Gasteiger partial charge in [0.1, 0.15) is 0 Å². The Morgan fingerprint density at radius 2 is 1.46 bits per heavy atom. The van der Waals surface area contributed by atoms with E-state index < -0.39 is 0 Å². The van der Waals surface area contributed by atoms with Gasteiger partial charge in [-0.15, -0.1) is 0 Å². The Morgan fingerprint density at radius 1 is 0.923 bits per heavy atom. The molecule has 0 rings (SSSR count). The lowest BCUT2D eigenvalue weighted by molar-refractivity contribution is 0.240. The largest absolute Gasteiger partial charge is 0.314 e. The molecule has 0 spiro atoms. The number of hydrogen-bond acceptors (Lipinski definition) is 1. The van der Waals surface area contributed by atoms with Crippen LogP contribution in [0.15, 0.2) is 0 Å². The normalized spacial score (nSPS) is 18.7. The van der Waals surface area contributed by atoms with Crippen molar-refractivity contribution in [3.05, 3.63) is 0 Å². The standard InChI is InChI=1S/C12H27N/c1-7-8-13-12(6)11(5)10(4)9(2)3/h9-13H,7-8H2,1-6H3/t10?,11-,12?/m0/s1. The molecule has 0 fully saturated rings. The first-order chi connectivity index (χ1) is 6.00. The molecular formula is C12H27N. The summed E-state index contributed by atoms with van der Waals surface area (Å²) in [6.07, 6.45) is 1.23. The second-order valence-electron chi connectivity index (χ2n) is 4.71. The van der Waals surface area contributed by atoms with E-state index in [0.29, 0.717) is 6.04 Å². The summed E-state index contributed by atoms with van der Waals surface area (Å²) >= 11 is 0. The highest BCUT2D eigenvalue weighted by atomic mass is 14.9. The second-order valence-corrected chi connectivity index (χ2v) is 4.71. The zero-order chi connectivity index (χ0) is 10.4. The highest BCUT2D eigenvalue weighted by molar-refractivity contribution is 4.74. The molecule has 2 unspecified atom stereocenters. The molecule has 3 atom stereocenters. The molecule has 1 nitrogen and oxygen atoms in total. The topological polar surface area (TPSA) is 12.0 Å². The van der Waals surface area contributed by atoms with Gasteiger partial charge >= 0.3 is 0 Å². The van der Waals surface area contributed by atoms with E-state index in [2.05, 4.69) is 46.9 Å². The monoisotopic (exact) mass is 185 g/mol. The van der Waals surface area contributed by atoms with Crippen molar-refractivity contribution in [1.29, 1.82) is 0 Å². The van der Waals surface area contributed by atoms with Gasteiger partial charge in [-0.3, -0.25) is 0 Å². The van der Waals surface area contributed by atoms with Gasteiger partial charge in [0.05, 0.1) is 0 Å². The van der Waals surface area contributed by atoms with Crippen molar-refractivity contribution in [3.8, 4) is 0 Å². The van der Waals surface area contributed by atoms with Gasteiger partial charge in [-0.1, -0.05) is 34.6 Å². The van der Waals surface area contributed by atoms with Gasteiger partial charge in [-0.2, -0.15) is 0 Å². The first-order valence-electron chi connectivity index (χ1n) is 5.74. The SMILES string of the molecule is CCCNC(C)[C@@H](C)C(C)C(C)C. The van der Waals surface area contributed by atoms with E-state index in [4.69, 9.17) is 0 Å². The van der Waals surface area contributed by atoms with Crippen LogP contribution in [0.3, 0.4) is 0 Å². The predicted octanol–water partition coefficient (Wildman–Crippen LogP) is 3.30. The molecular weight excluding hydrogens is 158 g/mol. The summed E-state index contributed by atoms with van der Waals surface area (Å²) in [5, 5.41) is 3.57. The lowest BCUT2D eigenvalue weighted by atomic mass is 9.82. The Hall–Kier alpha value is -0.0400. The van der Waals surface area contributed by atoms with E-state index in [0.717, 1.165) is 24.3 Å². The molecule has 0 aliphatic heterocycles. The molecule has 0 heterocycles. The third kappa shape index (κ3) is 4.66. The Morgan fingerprint density at radius 3 is 1.85 bits per heavy atom. The van der Waals surface area contributed by atoms with Gasteiger partial charge in [0.2, 0.25) is 0 Å². The van der Waals surface area contributed by atoms with E-state index >= 15 is 0 Å².